The van der Waals surface area contributed by atoms with Crippen LogP contribution in [0.5, 0.6) is 5.75 Å². The smallest absolute Gasteiger partial charge is 0.273 e. The molecule has 0 spiro atoms. The molecule has 0 aliphatic rings. The number of amides is 1. The van der Waals surface area contributed by atoms with Gasteiger partial charge in [-0.25, -0.2) is 0 Å². The van der Waals surface area contributed by atoms with Crippen LogP contribution >= 0.6 is 11.6 Å². The molecule has 0 aliphatic carbocycles. The third-order valence-corrected chi connectivity index (χ3v) is 2.75. The van der Waals surface area contributed by atoms with Crippen LogP contribution in [-0.2, 0) is 4.74 Å². The molecule has 1 aromatic rings. The van der Waals surface area contributed by atoms with E-state index in [1.54, 1.807) is 0 Å². The van der Waals surface area contributed by atoms with Gasteiger partial charge < -0.3 is 14.8 Å². The number of alkyl halides is 1. The van der Waals surface area contributed by atoms with Crippen molar-refractivity contribution in [1.29, 1.82) is 0 Å². The Morgan fingerprint density at radius 1 is 1.50 bits per heavy atom. The molecule has 1 N–H and O–H groups in total. The Balaban J connectivity index is 2.79. The Morgan fingerprint density at radius 3 is 2.75 bits per heavy atom. The zero-order valence-electron chi connectivity index (χ0n) is 11.1. The number of carbonyl (C=O) groups is 1. The summed E-state index contributed by atoms with van der Waals surface area (Å²) >= 11 is 5.89. The van der Waals surface area contributed by atoms with Crippen LogP contribution in [0.1, 0.15) is 10.4 Å². The minimum atomic E-state index is -0.558. The highest BCUT2D eigenvalue weighted by Gasteiger charge is 2.17. The van der Waals surface area contributed by atoms with Crippen LogP contribution in [0, 0.1) is 10.1 Å². The molecule has 1 rings (SSSR count). The number of carbonyl (C=O) groups excluding carboxylic acids is 1. The molecular formula is C12H15ClN2O5. The molecule has 0 saturated carbocycles. The SMILES string of the molecule is COCC(Cl)CNC(=O)c1ccc([N+](=O)[O-])cc1OC. The second-order valence-corrected chi connectivity index (χ2v) is 4.52. The standard InChI is InChI=1S/C12H15ClN2O5/c1-19-7-8(13)6-14-12(16)10-4-3-9(15(17)18)5-11(10)20-2/h3-5,8H,6-7H2,1-2H3,(H,14,16). The molecule has 0 heterocycles. The summed E-state index contributed by atoms with van der Waals surface area (Å²) in [6.45, 7) is 0.521. The number of nitrogens with zero attached hydrogens (tertiary/aromatic N) is 1. The molecule has 8 heteroatoms. The number of nitro benzene ring substituents is 1. The van der Waals surface area contributed by atoms with Gasteiger partial charge in [-0.3, -0.25) is 14.9 Å². The van der Waals surface area contributed by atoms with Crippen LogP contribution < -0.4 is 10.1 Å². The normalized spacial score (nSPS) is 11.8. The highest BCUT2D eigenvalue weighted by atomic mass is 35.5. The molecule has 0 bridgehead atoms. The van der Waals surface area contributed by atoms with Crippen LogP contribution in [-0.4, -0.2) is 43.6 Å². The molecule has 0 fully saturated rings. The Hall–Kier alpha value is -1.86. The van der Waals surface area contributed by atoms with Crippen molar-refractivity contribution in [3.63, 3.8) is 0 Å². The summed E-state index contributed by atoms with van der Waals surface area (Å²) in [6.07, 6.45) is 0. The van der Waals surface area contributed by atoms with Crippen molar-refractivity contribution in [1.82, 2.24) is 5.32 Å². The maximum absolute atomic E-state index is 12.0. The Labute approximate surface area is 121 Å². The summed E-state index contributed by atoms with van der Waals surface area (Å²) in [5.74, 6) is -0.284. The number of halogens is 1. The Bertz CT molecular complexity index is 495. The van der Waals surface area contributed by atoms with Crippen molar-refractivity contribution in [3.8, 4) is 5.75 Å². The number of nitrogens with one attached hydrogen (secondary N) is 1. The first-order valence-electron chi connectivity index (χ1n) is 5.73. The molecule has 110 valence electrons. The highest BCUT2D eigenvalue weighted by molar-refractivity contribution is 6.21. The summed E-state index contributed by atoms with van der Waals surface area (Å²) in [7, 11) is 2.85. The molecular weight excluding hydrogens is 288 g/mol. The molecule has 1 aromatic carbocycles. The van der Waals surface area contributed by atoms with Gasteiger partial charge in [0.05, 0.1) is 35.6 Å². The molecule has 1 unspecified atom stereocenters. The van der Waals surface area contributed by atoms with E-state index in [2.05, 4.69) is 5.32 Å². The van der Waals surface area contributed by atoms with E-state index in [0.29, 0.717) is 6.61 Å². The van der Waals surface area contributed by atoms with E-state index >= 15 is 0 Å². The van der Waals surface area contributed by atoms with Gasteiger partial charge in [-0.05, 0) is 6.07 Å². The first-order chi connectivity index (χ1) is 9.49. The quantitative estimate of drug-likeness (QED) is 0.469. The third kappa shape index (κ3) is 4.36. The summed E-state index contributed by atoms with van der Waals surface area (Å²) in [6, 6.07) is 3.78. The summed E-state index contributed by atoms with van der Waals surface area (Å²) in [5, 5.41) is 12.9. The minimum absolute atomic E-state index is 0.134. The first kappa shape index (κ1) is 16.2. The van der Waals surface area contributed by atoms with Crippen molar-refractivity contribution in [3.05, 3.63) is 33.9 Å². The third-order valence-electron chi connectivity index (χ3n) is 2.47. The number of rotatable bonds is 7. The van der Waals surface area contributed by atoms with Gasteiger partial charge in [-0.15, -0.1) is 11.6 Å². The number of benzene rings is 1. The zero-order chi connectivity index (χ0) is 15.1. The van der Waals surface area contributed by atoms with Crippen LogP contribution in [0.25, 0.3) is 0 Å². The number of hydrogen-bond acceptors (Lipinski definition) is 5. The predicted octanol–water partition coefficient (Wildman–Crippen LogP) is 1.59. The lowest BCUT2D eigenvalue weighted by molar-refractivity contribution is -0.384. The van der Waals surface area contributed by atoms with E-state index in [4.69, 9.17) is 21.1 Å². The molecule has 0 saturated heterocycles. The topological polar surface area (TPSA) is 90.7 Å². The average molecular weight is 303 g/mol. The Morgan fingerprint density at radius 2 is 2.20 bits per heavy atom. The lowest BCUT2D eigenvalue weighted by Gasteiger charge is -2.11. The number of non-ortho nitro benzene ring substituents is 1. The van der Waals surface area contributed by atoms with Gasteiger partial charge in [0, 0.05) is 19.7 Å². The van der Waals surface area contributed by atoms with Crippen molar-refractivity contribution in [2.45, 2.75) is 5.38 Å². The minimum Gasteiger partial charge on any atom is -0.496 e. The van der Waals surface area contributed by atoms with Crippen molar-refractivity contribution >= 4 is 23.2 Å². The fourth-order valence-corrected chi connectivity index (χ4v) is 1.72. The highest BCUT2D eigenvalue weighted by Crippen LogP contribution is 2.24. The zero-order valence-corrected chi connectivity index (χ0v) is 11.8. The van der Waals surface area contributed by atoms with Gasteiger partial charge in [0.2, 0.25) is 0 Å². The van der Waals surface area contributed by atoms with Crippen molar-refractivity contribution in [2.75, 3.05) is 27.4 Å². The fraction of sp³-hybridized carbons (Fsp3) is 0.417. The number of hydrogen-bond donors (Lipinski definition) is 1. The van der Waals surface area contributed by atoms with Crippen LogP contribution in [0.15, 0.2) is 18.2 Å². The van der Waals surface area contributed by atoms with Crippen LogP contribution in [0.4, 0.5) is 5.69 Å². The molecule has 1 atom stereocenters. The predicted molar refractivity (Wildman–Crippen MR) is 73.5 cm³/mol. The van der Waals surface area contributed by atoms with E-state index in [1.807, 2.05) is 0 Å². The first-order valence-corrected chi connectivity index (χ1v) is 6.16. The largest absolute Gasteiger partial charge is 0.496 e. The summed E-state index contributed by atoms with van der Waals surface area (Å²) in [4.78, 5) is 22.1. The molecule has 0 radical (unpaired) electrons. The summed E-state index contributed by atoms with van der Waals surface area (Å²) in [5.41, 5.74) is 0.0624. The van der Waals surface area contributed by atoms with E-state index < -0.39 is 10.8 Å². The van der Waals surface area contributed by atoms with Gasteiger partial charge in [-0.1, -0.05) is 0 Å². The van der Waals surface area contributed by atoms with Crippen LogP contribution in [0.3, 0.4) is 0 Å². The Kier molecular flexibility index (Phi) is 6.20. The monoisotopic (exact) mass is 302 g/mol. The van der Waals surface area contributed by atoms with E-state index in [-0.39, 0.29) is 28.9 Å². The second-order valence-electron chi connectivity index (χ2n) is 3.90. The van der Waals surface area contributed by atoms with Gasteiger partial charge in [0.25, 0.3) is 11.6 Å². The lowest BCUT2D eigenvalue weighted by atomic mass is 10.1. The average Bonchev–Trinajstić information content (AvgIpc) is 2.44. The molecule has 20 heavy (non-hydrogen) atoms. The molecule has 1 amide bonds. The number of methoxy groups -OCH3 is 2. The van der Waals surface area contributed by atoms with Gasteiger partial charge in [0.15, 0.2) is 0 Å². The van der Waals surface area contributed by atoms with E-state index in [1.165, 1.54) is 32.4 Å². The maximum atomic E-state index is 12.0. The summed E-state index contributed by atoms with van der Waals surface area (Å²) < 4.78 is 9.83. The second kappa shape index (κ2) is 7.66. The molecule has 0 aromatic heterocycles. The van der Waals surface area contributed by atoms with E-state index in [9.17, 15) is 14.9 Å². The van der Waals surface area contributed by atoms with Gasteiger partial charge in [-0.2, -0.15) is 0 Å². The number of ether oxygens (including phenoxy) is 2. The van der Waals surface area contributed by atoms with E-state index in [0.717, 1.165) is 0 Å². The number of nitro groups is 1. The van der Waals surface area contributed by atoms with Gasteiger partial charge >= 0.3 is 0 Å². The van der Waals surface area contributed by atoms with Gasteiger partial charge in [0.1, 0.15) is 5.75 Å². The van der Waals surface area contributed by atoms with Crippen molar-refractivity contribution < 1.29 is 19.2 Å². The van der Waals surface area contributed by atoms with Crippen LogP contribution in [0.2, 0.25) is 0 Å². The lowest BCUT2D eigenvalue weighted by Crippen LogP contribution is -2.31. The van der Waals surface area contributed by atoms with Crippen molar-refractivity contribution in [2.24, 2.45) is 0 Å². The fourth-order valence-electron chi connectivity index (χ4n) is 1.52. The molecule has 7 nitrogen and oxygen atoms in total. The molecule has 0 aliphatic heterocycles. The maximum Gasteiger partial charge on any atom is 0.273 e.